The van der Waals surface area contributed by atoms with Gasteiger partial charge in [0.25, 0.3) is 17.4 Å². The highest BCUT2D eigenvalue weighted by molar-refractivity contribution is 6.22. The summed E-state index contributed by atoms with van der Waals surface area (Å²) < 4.78 is 16.7. The van der Waals surface area contributed by atoms with Gasteiger partial charge in [0.05, 0.1) is 30.4 Å². The number of nitrogens with zero attached hydrogens (tertiary/aromatic N) is 5. The average molecular weight is 474 g/mol. The molecule has 0 unspecified atom stereocenters. The number of nitrogens with one attached hydrogen (secondary N) is 1. The van der Waals surface area contributed by atoms with Crippen LogP contribution in [0.5, 0.6) is 0 Å². The zero-order valence-corrected chi connectivity index (χ0v) is 18.3. The van der Waals surface area contributed by atoms with Crippen molar-refractivity contribution >= 4 is 28.8 Å². The van der Waals surface area contributed by atoms with Gasteiger partial charge >= 0.3 is 0 Å². The van der Waals surface area contributed by atoms with Crippen molar-refractivity contribution in [1.29, 1.82) is 0 Å². The molecule has 4 aromatic rings. The maximum Gasteiger partial charge on any atom is 0.264 e. The van der Waals surface area contributed by atoms with Crippen LogP contribution in [0, 0.1) is 5.82 Å². The fraction of sp³-hybridized carbons (Fsp3) is 0.167. The second kappa shape index (κ2) is 8.93. The Morgan fingerprint density at radius 2 is 1.66 bits per heavy atom. The van der Waals surface area contributed by atoms with E-state index in [0.29, 0.717) is 11.2 Å². The van der Waals surface area contributed by atoms with Gasteiger partial charge in [-0.2, -0.15) is 5.10 Å². The first kappa shape index (κ1) is 22.1. The molecule has 0 saturated heterocycles. The van der Waals surface area contributed by atoms with Crippen molar-refractivity contribution in [2.75, 3.05) is 13.1 Å². The van der Waals surface area contributed by atoms with Crippen molar-refractivity contribution in [2.45, 2.75) is 13.1 Å². The molecule has 0 aliphatic carbocycles. The molecule has 2 aromatic carbocycles. The molecular weight excluding hydrogens is 455 g/mol. The molecule has 0 fully saturated rings. The summed E-state index contributed by atoms with van der Waals surface area (Å²) in [6.07, 6.45) is 2.71. The van der Waals surface area contributed by atoms with Crippen LogP contribution in [0.2, 0.25) is 0 Å². The van der Waals surface area contributed by atoms with Gasteiger partial charge in [-0.1, -0.05) is 30.3 Å². The smallest absolute Gasteiger partial charge is 0.264 e. The summed E-state index contributed by atoms with van der Waals surface area (Å²) in [7, 11) is 0. The van der Waals surface area contributed by atoms with E-state index in [9.17, 15) is 23.6 Å². The van der Waals surface area contributed by atoms with Crippen LogP contribution in [0.25, 0.3) is 11.0 Å². The molecular formula is C24H19FN6O4. The molecule has 3 heterocycles. The minimum atomic E-state index is -0.505. The summed E-state index contributed by atoms with van der Waals surface area (Å²) in [5.74, 6) is -1.92. The van der Waals surface area contributed by atoms with Crippen molar-refractivity contribution < 1.29 is 18.8 Å². The van der Waals surface area contributed by atoms with Gasteiger partial charge in [-0.15, -0.1) is 0 Å². The Balaban J connectivity index is 1.22. The number of aromatic nitrogens is 4. The Morgan fingerprint density at radius 3 is 2.37 bits per heavy atom. The van der Waals surface area contributed by atoms with E-state index in [-0.39, 0.29) is 41.7 Å². The van der Waals surface area contributed by atoms with Crippen LogP contribution in [0.4, 0.5) is 4.39 Å². The van der Waals surface area contributed by atoms with Gasteiger partial charge in [-0.25, -0.2) is 14.1 Å². The van der Waals surface area contributed by atoms with Gasteiger partial charge in [0.15, 0.2) is 5.65 Å². The summed E-state index contributed by atoms with van der Waals surface area (Å²) >= 11 is 0. The number of halogens is 1. The van der Waals surface area contributed by atoms with E-state index in [0.717, 1.165) is 4.90 Å². The molecule has 0 saturated carbocycles. The Kier molecular flexibility index (Phi) is 5.65. The Bertz CT molecular complexity index is 1510. The second-order valence-corrected chi connectivity index (χ2v) is 7.97. The van der Waals surface area contributed by atoms with Gasteiger partial charge in [0.1, 0.15) is 24.1 Å². The highest BCUT2D eigenvalue weighted by atomic mass is 19.1. The molecule has 1 aliphatic rings. The molecule has 0 bridgehead atoms. The minimum absolute atomic E-state index is 0.0352. The van der Waals surface area contributed by atoms with Crippen molar-refractivity contribution in [1.82, 2.24) is 29.5 Å². The number of rotatable bonds is 7. The molecule has 0 spiro atoms. The Morgan fingerprint density at radius 1 is 0.971 bits per heavy atom. The molecule has 10 nitrogen and oxygen atoms in total. The number of hydrogen-bond donors (Lipinski definition) is 1. The lowest BCUT2D eigenvalue weighted by Crippen LogP contribution is -2.41. The molecule has 1 aliphatic heterocycles. The molecule has 2 aromatic heterocycles. The Hall–Kier alpha value is -4.67. The lowest BCUT2D eigenvalue weighted by molar-refractivity contribution is -0.121. The Labute approximate surface area is 197 Å². The van der Waals surface area contributed by atoms with E-state index in [1.807, 2.05) is 0 Å². The monoisotopic (exact) mass is 474 g/mol. The lowest BCUT2D eigenvalue weighted by Gasteiger charge is -2.13. The van der Waals surface area contributed by atoms with Gasteiger partial charge in [0, 0.05) is 12.1 Å². The molecule has 35 heavy (non-hydrogen) atoms. The normalized spacial score (nSPS) is 12.9. The van der Waals surface area contributed by atoms with Crippen molar-refractivity contribution in [2.24, 2.45) is 0 Å². The highest BCUT2D eigenvalue weighted by Crippen LogP contribution is 2.21. The largest absolute Gasteiger partial charge is 0.353 e. The van der Waals surface area contributed by atoms with Crippen LogP contribution in [0.3, 0.4) is 0 Å². The first-order valence-electron chi connectivity index (χ1n) is 10.8. The van der Waals surface area contributed by atoms with Crippen LogP contribution < -0.4 is 10.9 Å². The zero-order chi connectivity index (χ0) is 24.5. The SMILES string of the molecule is O=C(CN1C(=O)c2ccccc2C1=O)NCCn1ncc2c(=O)n(Cc3ccccc3F)cnc21. The summed E-state index contributed by atoms with van der Waals surface area (Å²) in [6.45, 7) is -0.0153. The third kappa shape index (κ3) is 4.07. The van der Waals surface area contributed by atoms with Gasteiger partial charge in [0.2, 0.25) is 5.91 Å². The number of hydrogen-bond acceptors (Lipinski definition) is 6. The number of amides is 3. The number of fused-ring (bicyclic) bond motifs is 2. The van der Waals surface area contributed by atoms with Crippen LogP contribution in [-0.2, 0) is 17.9 Å². The molecule has 1 N–H and O–H groups in total. The number of carbonyl (C=O) groups is 3. The van der Waals surface area contributed by atoms with E-state index in [1.165, 1.54) is 27.8 Å². The van der Waals surface area contributed by atoms with E-state index < -0.39 is 30.1 Å². The molecule has 5 rings (SSSR count). The highest BCUT2D eigenvalue weighted by Gasteiger charge is 2.36. The quantitative estimate of drug-likeness (QED) is 0.402. The topological polar surface area (TPSA) is 119 Å². The molecule has 176 valence electrons. The van der Waals surface area contributed by atoms with Crippen molar-refractivity contribution in [3.8, 4) is 0 Å². The number of benzene rings is 2. The maximum atomic E-state index is 13.9. The van der Waals surface area contributed by atoms with Crippen molar-refractivity contribution in [3.63, 3.8) is 0 Å². The molecule has 0 atom stereocenters. The summed E-state index contributed by atoms with van der Waals surface area (Å²) in [5.41, 5.74) is 0.887. The standard InChI is InChI=1S/C24H19FN6O4/c25-19-8-4-1-5-15(19)12-29-14-27-21-18(22(29)33)11-28-31(21)10-9-26-20(32)13-30-23(34)16-6-2-3-7-17(16)24(30)35/h1-8,11,14H,9-10,12-13H2,(H,26,32). The fourth-order valence-corrected chi connectivity index (χ4v) is 3.97. The summed E-state index contributed by atoms with van der Waals surface area (Å²) in [6, 6.07) is 12.6. The van der Waals surface area contributed by atoms with Crippen LogP contribution in [0.1, 0.15) is 26.3 Å². The number of imide groups is 1. The van der Waals surface area contributed by atoms with E-state index in [2.05, 4.69) is 15.4 Å². The van der Waals surface area contributed by atoms with Gasteiger partial charge in [-0.05, 0) is 18.2 Å². The predicted octanol–water partition coefficient (Wildman–Crippen LogP) is 1.19. The van der Waals surface area contributed by atoms with Crippen LogP contribution >= 0.6 is 0 Å². The second-order valence-electron chi connectivity index (χ2n) is 7.97. The zero-order valence-electron chi connectivity index (χ0n) is 18.3. The van der Waals surface area contributed by atoms with Gasteiger partial charge in [-0.3, -0.25) is 28.6 Å². The van der Waals surface area contributed by atoms with E-state index >= 15 is 0 Å². The number of carbonyl (C=O) groups excluding carboxylic acids is 3. The van der Waals surface area contributed by atoms with Crippen LogP contribution in [-0.4, -0.2) is 55.0 Å². The molecule has 3 amide bonds. The molecule has 0 radical (unpaired) electrons. The average Bonchev–Trinajstić information content (AvgIpc) is 3.37. The maximum absolute atomic E-state index is 13.9. The fourth-order valence-electron chi connectivity index (χ4n) is 3.97. The summed E-state index contributed by atoms with van der Waals surface area (Å²) in [4.78, 5) is 55.1. The van der Waals surface area contributed by atoms with E-state index in [4.69, 9.17) is 0 Å². The lowest BCUT2D eigenvalue weighted by atomic mass is 10.1. The third-order valence-electron chi connectivity index (χ3n) is 5.75. The first-order chi connectivity index (χ1) is 16.9. The minimum Gasteiger partial charge on any atom is -0.353 e. The predicted molar refractivity (Wildman–Crippen MR) is 122 cm³/mol. The first-order valence-corrected chi connectivity index (χ1v) is 10.8. The van der Waals surface area contributed by atoms with Crippen molar-refractivity contribution in [3.05, 3.63) is 93.9 Å². The van der Waals surface area contributed by atoms with Gasteiger partial charge < -0.3 is 5.32 Å². The summed E-state index contributed by atoms with van der Waals surface area (Å²) in [5, 5.41) is 7.08. The third-order valence-corrected chi connectivity index (χ3v) is 5.75. The van der Waals surface area contributed by atoms with E-state index in [1.54, 1.807) is 42.5 Å². The molecule has 11 heteroatoms. The van der Waals surface area contributed by atoms with Crippen LogP contribution in [0.15, 0.2) is 65.8 Å².